The minimum atomic E-state index is -0.735. The van der Waals surface area contributed by atoms with Crippen molar-refractivity contribution in [2.24, 2.45) is 0 Å². The number of aromatic hydroxyl groups is 1. The zero-order valence-electron chi connectivity index (χ0n) is 10.5. The number of amides is 1. The Kier molecular flexibility index (Phi) is 3.80. The highest BCUT2D eigenvalue weighted by atomic mass is 19.1. The summed E-state index contributed by atoms with van der Waals surface area (Å²) < 4.78 is 13.5. The molecule has 0 fully saturated rings. The molecule has 2 rings (SSSR count). The zero-order valence-corrected chi connectivity index (χ0v) is 10.5. The van der Waals surface area contributed by atoms with Gasteiger partial charge in [-0.2, -0.15) is 0 Å². The summed E-state index contributed by atoms with van der Waals surface area (Å²) in [6, 6.07) is 11.4. The van der Waals surface area contributed by atoms with Gasteiger partial charge in [-0.15, -0.1) is 0 Å². The number of rotatable bonds is 3. The molecule has 2 aromatic carbocycles. The van der Waals surface area contributed by atoms with Crippen LogP contribution in [-0.4, -0.2) is 11.0 Å². The predicted octanol–water partition coefficient (Wildman–Crippen LogP) is 2.77. The van der Waals surface area contributed by atoms with E-state index in [9.17, 15) is 14.3 Å². The van der Waals surface area contributed by atoms with Gasteiger partial charge in [-0.3, -0.25) is 4.79 Å². The molecule has 0 aliphatic carbocycles. The van der Waals surface area contributed by atoms with Crippen molar-refractivity contribution in [2.75, 3.05) is 0 Å². The van der Waals surface area contributed by atoms with Gasteiger partial charge in [-0.25, -0.2) is 4.39 Å². The van der Waals surface area contributed by atoms with Gasteiger partial charge >= 0.3 is 0 Å². The van der Waals surface area contributed by atoms with Gasteiger partial charge in [-0.05, 0) is 24.6 Å². The highest BCUT2D eigenvalue weighted by molar-refractivity contribution is 5.97. The van der Waals surface area contributed by atoms with Crippen LogP contribution in [0.1, 0.15) is 21.5 Å². The van der Waals surface area contributed by atoms with Crippen molar-refractivity contribution in [2.45, 2.75) is 13.5 Å². The van der Waals surface area contributed by atoms with Crippen LogP contribution in [0.2, 0.25) is 0 Å². The Morgan fingerprint density at radius 1 is 1.21 bits per heavy atom. The van der Waals surface area contributed by atoms with Crippen LogP contribution in [0.3, 0.4) is 0 Å². The summed E-state index contributed by atoms with van der Waals surface area (Å²) in [6.45, 7) is 2.26. The third-order valence-electron chi connectivity index (χ3n) is 2.79. The molecule has 19 heavy (non-hydrogen) atoms. The van der Waals surface area contributed by atoms with Crippen LogP contribution in [0.5, 0.6) is 5.75 Å². The Bertz CT molecular complexity index is 573. The summed E-state index contributed by atoms with van der Waals surface area (Å²) in [5.41, 5.74) is 1.71. The first kappa shape index (κ1) is 13.1. The highest BCUT2D eigenvalue weighted by Crippen LogP contribution is 2.19. The molecule has 0 atom stereocenters. The molecule has 0 spiro atoms. The van der Waals surface area contributed by atoms with Crippen LogP contribution in [0, 0.1) is 12.7 Å². The average Bonchev–Trinajstić information content (AvgIpc) is 2.38. The first-order valence-corrected chi connectivity index (χ1v) is 5.89. The van der Waals surface area contributed by atoms with E-state index in [0.717, 1.165) is 17.2 Å². The van der Waals surface area contributed by atoms with E-state index < -0.39 is 11.7 Å². The van der Waals surface area contributed by atoms with Crippen molar-refractivity contribution in [3.63, 3.8) is 0 Å². The quantitative estimate of drug-likeness (QED) is 0.890. The van der Waals surface area contributed by atoms with E-state index in [-0.39, 0.29) is 17.9 Å². The number of nitrogens with one attached hydrogen (secondary N) is 1. The number of carbonyl (C=O) groups is 1. The fourth-order valence-corrected chi connectivity index (χ4v) is 1.71. The lowest BCUT2D eigenvalue weighted by atomic mass is 10.1. The van der Waals surface area contributed by atoms with E-state index >= 15 is 0 Å². The monoisotopic (exact) mass is 259 g/mol. The third kappa shape index (κ3) is 3.10. The van der Waals surface area contributed by atoms with Crippen molar-refractivity contribution < 1.29 is 14.3 Å². The SMILES string of the molecule is Cc1ccc(CNC(=O)c2c(O)cccc2F)cc1. The highest BCUT2D eigenvalue weighted by Gasteiger charge is 2.15. The van der Waals surface area contributed by atoms with Crippen molar-refractivity contribution in [3.8, 4) is 5.75 Å². The summed E-state index contributed by atoms with van der Waals surface area (Å²) in [4.78, 5) is 11.8. The molecule has 0 radical (unpaired) electrons. The number of carbonyl (C=O) groups excluding carboxylic acids is 1. The number of phenols is 1. The molecule has 0 aliphatic heterocycles. The summed E-state index contributed by atoms with van der Waals surface area (Å²) in [5, 5.41) is 12.1. The molecule has 0 heterocycles. The molecular weight excluding hydrogens is 245 g/mol. The standard InChI is InChI=1S/C15H14FNO2/c1-10-5-7-11(8-6-10)9-17-15(19)14-12(16)3-2-4-13(14)18/h2-8,18H,9H2,1H3,(H,17,19). The normalized spacial score (nSPS) is 10.2. The first-order chi connectivity index (χ1) is 9.08. The van der Waals surface area contributed by atoms with Gasteiger partial charge in [0.25, 0.3) is 5.91 Å². The van der Waals surface area contributed by atoms with E-state index in [4.69, 9.17) is 0 Å². The molecule has 3 nitrogen and oxygen atoms in total. The molecule has 0 saturated carbocycles. The van der Waals surface area contributed by atoms with Gasteiger partial charge < -0.3 is 10.4 Å². The molecular formula is C15H14FNO2. The van der Waals surface area contributed by atoms with E-state index in [1.807, 2.05) is 31.2 Å². The molecule has 4 heteroatoms. The molecule has 0 aromatic heterocycles. The second-order valence-electron chi connectivity index (χ2n) is 4.30. The van der Waals surface area contributed by atoms with Crippen LogP contribution in [0.25, 0.3) is 0 Å². The molecule has 1 amide bonds. The van der Waals surface area contributed by atoms with Crippen LogP contribution >= 0.6 is 0 Å². The predicted molar refractivity (Wildman–Crippen MR) is 70.4 cm³/mol. The topological polar surface area (TPSA) is 49.3 Å². The Balaban J connectivity index is 2.07. The zero-order chi connectivity index (χ0) is 13.8. The number of benzene rings is 2. The summed E-state index contributed by atoms with van der Waals surface area (Å²) >= 11 is 0. The Labute approximate surface area is 110 Å². The molecule has 2 N–H and O–H groups in total. The largest absolute Gasteiger partial charge is 0.507 e. The van der Waals surface area contributed by atoms with Gasteiger partial charge in [-0.1, -0.05) is 35.9 Å². The fraction of sp³-hybridized carbons (Fsp3) is 0.133. The molecule has 0 unspecified atom stereocenters. The lowest BCUT2D eigenvalue weighted by molar-refractivity contribution is 0.0944. The van der Waals surface area contributed by atoms with E-state index in [1.165, 1.54) is 12.1 Å². The van der Waals surface area contributed by atoms with Crippen molar-refractivity contribution in [1.82, 2.24) is 5.32 Å². The first-order valence-electron chi connectivity index (χ1n) is 5.89. The lowest BCUT2D eigenvalue weighted by Crippen LogP contribution is -2.23. The van der Waals surface area contributed by atoms with E-state index in [0.29, 0.717) is 0 Å². The second-order valence-corrected chi connectivity index (χ2v) is 4.30. The van der Waals surface area contributed by atoms with Gasteiger partial charge in [0.15, 0.2) is 0 Å². The third-order valence-corrected chi connectivity index (χ3v) is 2.79. The van der Waals surface area contributed by atoms with E-state index in [2.05, 4.69) is 5.32 Å². The minimum absolute atomic E-state index is 0.285. The lowest BCUT2D eigenvalue weighted by Gasteiger charge is -2.08. The maximum Gasteiger partial charge on any atom is 0.258 e. The summed E-state index contributed by atoms with van der Waals surface area (Å²) in [5.74, 6) is -1.72. The number of hydrogen-bond acceptors (Lipinski definition) is 2. The minimum Gasteiger partial charge on any atom is -0.507 e. The molecule has 2 aromatic rings. The summed E-state index contributed by atoms with van der Waals surface area (Å²) in [7, 11) is 0. The smallest absolute Gasteiger partial charge is 0.258 e. The van der Waals surface area contributed by atoms with Crippen LogP contribution in [-0.2, 0) is 6.54 Å². The summed E-state index contributed by atoms with van der Waals surface area (Å²) in [6.07, 6.45) is 0. The van der Waals surface area contributed by atoms with Gasteiger partial charge in [0, 0.05) is 6.54 Å². The number of aryl methyl sites for hydroxylation is 1. The average molecular weight is 259 g/mol. The van der Waals surface area contributed by atoms with Crippen molar-refractivity contribution >= 4 is 5.91 Å². The fourth-order valence-electron chi connectivity index (χ4n) is 1.71. The molecule has 0 saturated heterocycles. The van der Waals surface area contributed by atoms with Crippen LogP contribution < -0.4 is 5.32 Å². The van der Waals surface area contributed by atoms with Crippen molar-refractivity contribution in [3.05, 3.63) is 65.0 Å². The second kappa shape index (κ2) is 5.52. The Hall–Kier alpha value is -2.36. The van der Waals surface area contributed by atoms with Gasteiger partial charge in [0.1, 0.15) is 17.1 Å². The van der Waals surface area contributed by atoms with E-state index in [1.54, 1.807) is 0 Å². The molecule has 98 valence electrons. The molecule has 0 aliphatic rings. The Morgan fingerprint density at radius 2 is 1.89 bits per heavy atom. The maximum absolute atomic E-state index is 13.5. The number of halogens is 1. The van der Waals surface area contributed by atoms with Crippen LogP contribution in [0.15, 0.2) is 42.5 Å². The van der Waals surface area contributed by atoms with Crippen molar-refractivity contribution in [1.29, 1.82) is 0 Å². The van der Waals surface area contributed by atoms with Gasteiger partial charge in [0.2, 0.25) is 0 Å². The van der Waals surface area contributed by atoms with Crippen LogP contribution in [0.4, 0.5) is 4.39 Å². The molecule has 0 bridgehead atoms. The van der Waals surface area contributed by atoms with Gasteiger partial charge in [0.05, 0.1) is 0 Å². The number of hydrogen-bond donors (Lipinski definition) is 2. The maximum atomic E-state index is 13.5. The number of phenolic OH excluding ortho intramolecular Hbond substituents is 1. The Morgan fingerprint density at radius 3 is 2.53 bits per heavy atom.